The molecule has 2 rings (SSSR count). The van der Waals surface area contributed by atoms with Crippen LogP contribution in [0.5, 0.6) is 0 Å². The van der Waals surface area contributed by atoms with E-state index in [0.717, 1.165) is 0 Å². The first kappa shape index (κ1) is 24.2. The van der Waals surface area contributed by atoms with Gasteiger partial charge in [0.25, 0.3) is 0 Å². The van der Waals surface area contributed by atoms with Crippen LogP contribution >= 0.6 is 0 Å². The molecule has 0 saturated heterocycles. The molecule has 10 heteroatoms. The fraction of sp³-hybridized carbons (Fsp3) is 0.111. The second kappa shape index (κ2) is 12.6. The number of aliphatic hydroxyl groups is 2. The summed E-state index contributed by atoms with van der Waals surface area (Å²) in [6, 6.07) is 16.6. The van der Waals surface area contributed by atoms with Crippen molar-refractivity contribution < 1.29 is 49.8 Å². The van der Waals surface area contributed by atoms with Gasteiger partial charge in [-0.1, -0.05) is 36.4 Å². The van der Waals surface area contributed by atoms with Crippen LogP contribution in [0.25, 0.3) is 0 Å². The fourth-order valence-corrected chi connectivity index (χ4v) is 1.43. The first-order chi connectivity index (χ1) is 13.1. The second-order valence-electron chi connectivity index (χ2n) is 4.91. The lowest BCUT2D eigenvalue weighted by atomic mass is 10.2. The molecule has 150 valence electrons. The Labute approximate surface area is 158 Å². The first-order valence-electron chi connectivity index (χ1n) is 7.46. The van der Waals surface area contributed by atoms with Gasteiger partial charge in [0, 0.05) is 0 Å². The zero-order chi connectivity index (χ0) is 21.7. The highest BCUT2D eigenvalue weighted by molar-refractivity contribution is 5.87. The smallest absolute Gasteiger partial charge is 0.335 e. The van der Waals surface area contributed by atoms with E-state index in [9.17, 15) is 19.2 Å². The predicted molar refractivity (Wildman–Crippen MR) is 94.1 cm³/mol. The minimum atomic E-state index is -2.27. The molecule has 0 unspecified atom stereocenters. The molecule has 0 aliphatic carbocycles. The van der Waals surface area contributed by atoms with Gasteiger partial charge in [-0.3, -0.25) is 0 Å². The van der Waals surface area contributed by atoms with Crippen LogP contribution in [0.1, 0.15) is 20.7 Å². The number of aliphatic carboxylic acids is 2. The SMILES string of the molecule is O=C(O)[C@H](O)[C@@H](O)C(=O)O.O=C(O)c1ccccc1.O=C(O)c1ccccc1. The molecule has 10 nitrogen and oxygen atoms in total. The quantitative estimate of drug-likeness (QED) is 0.420. The van der Waals surface area contributed by atoms with Crippen LogP contribution < -0.4 is 0 Å². The standard InChI is InChI=1S/2C7H6O2.C4H6O6/c2*8-7(9)6-4-2-1-3-5-6;5-1(3(7)8)2(6)4(9)10/h2*1-5H,(H,8,9);1-2,5-6H,(H,7,8)(H,9,10)/t;;1-,2-/m..1/s1. The van der Waals surface area contributed by atoms with Gasteiger partial charge in [0.15, 0.2) is 12.2 Å². The maximum atomic E-state index is 10.2. The van der Waals surface area contributed by atoms with E-state index in [1.165, 1.54) is 0 Å². The topological polar surface area (TPSA) is 190 Å². The highest BCUT2D eigenvalue weighted by Gasteiger charge is 2.29. The average Bonchev–Trinajstić information content (AvgIpc) is 2.69. The van der Waals surface area contributed by atoms with Gasteiger partial charge in [-0.2, -0.15) is 0 Å². The fourth-order valence-electron chi connectivity index (χ4n) is 1.43. The van der Waals surface area contributed by atoms with Gasteiger partial charge in [0.1, 0.15) is 0 Å². The molecule has 0 radical (unpaired) electrons. The van der Waals surface area contributed by atoms with Crippen LogP contribution in [0.3, 0.4) is 0 Å². The molecule has 0 fully saturated rings. The maximum absolute atomic E-state index is 10.2. The van der Waals surface area contributed by atoms with E-state index < -0.39 is 36.1 Å². The van der Waals surface area contributed by atoms with Crippen LogP contribution in [-0.4, -0.2) is 66.7 Å². The molecule has 28 heavy (non-hydrogen) atoms. The van der Waals surface area contributed by atoms with Crippen LogP contribution in [0.4, 0.5) is 0 Å². The molecule has 0 spiro atoms. The van der Waals surface area contributed by atoms with Gasteiger partial charge in [-0.25, -0.2) is 19.2 Å². The van der Waals surface area contributed by atoms with Crippen molar-refractivity contribution in [1.82, 2.24) is 0 Å². The number of benzene rings is 2. The monoisotopic (exact) mass is 394 g/mol. The maximum Gasteiger partial charge on any atom is 0.335 e. The molecule has 0 saturated carbocycles. The number of carbonyl (C=O) groups is 4. The molecule has 6 N–H and O–H groups in total. The number of rotatable bonds is 5. The molecule has 2 aromatic carbocycles. The Balaban J connectivity index is 0.000000391. The number of carboxylic acid groups (broad SMARTS) is 4. The van der Waals surface area contributed by atoms with Crippen LogP contribution in [-0.2, 0) is 9.59 Å². The molecule has 0 aliphatic heterocycles. The Morgan fingerprint density at radius 3 is 0.929 bits per heavy atom. The molecular formula is C18H18O10. The van der Waals surface area contributed by atoms with E-state index in [-0.39, 0.29) is 0 Å². The number of aliphatic hydroxyl groups excluding tert-OH is 2. The molecule has 2 aromatic rings. The number of hydrogen-bond donors (Lipinski definition) is 6. The minimum absolute atomic E-state index is 0.331. The summed E-state index contributed by atoms with van der Waals surface area (Å²) in [5.41, 5.74) is 0.662. The van der Waals surface area contributed by atoms with Crippen LogP contribution in [0.15, 0.2) is 60.7 Å². The molecular weight excluding hydrogens is 376 g/mol. The van der Waals surface area contributed by atoms with E-state index in [4.69, 9.17) is 30.6 Å². The van der Waals surface area contributed by atoms with E-state index in [1.54, 1.807) is 60.7 Å². The van der Waals surface area contributed by atoms with Crippen molar-refractivity contribution >= 4 is 23.9 Å². The van der Waals surface area contributed by atoms with E-state index in [1.807, 2.05) is 0 Å². The molecule has 0 heterocycles. The van der Waals surface area contributed by atoms with Crippen molar-refractivity contribution in [2.24, 2.45) is 0 Å². The number of carboxylic acids is 4. The summed E-state index contributed by atoms with van der Waals surface area (Å²) in [5, 5.41) is 49.3. The Bertz CT molecular complexity index is 706. The zero-order valence-corrected chi connectivity index (χ0v) is 14.2. The van der Waals surface area contributed by atoms with Crippen molar-refractivity contribution in [2.45, 2.75) is 12.2 Å². The molecule has 0 aliphatic rings. The van der Waals surface area contributed by atoms with Gasteiger partial charge in [-0.15, -0.1) is 0 Å². The highest BCUT2D eigenvalue weighted by atomic mass is 16.4. The minimum Gasteiger partial charge on any atom is -0.479 e. The lowest BCUT2D eigenvalue weighted by Gasteiger charge is -2.07. The first-order valence-corrected chi connectivity index (χ1v) is 7.46. The van der Waals surface area contributed by atoms with Crippen molar-refractivity contribution in [3.8, 4) is 0 Å². The molecule has 2 atom stereocenters. The van der Waals surface area contributed by atoms with E-state index >= 15 is 0 Å². The third kappa shape index (κ3) is 9.65. The third-order valence-electron chi connectivity index (χ3n) is 2.85. The second-order valence-corrected chi connectivity index (χ2v) is 4.91. The van der Waals surface area contributed by atoms with Gasteiger partial charge < -0.3 is 30.6 Å². The zero-order valence-electron chi connectivity index (χ0n) is 14.2. The van der Waals surface area contributed by atoms with Crippen molar-refractivity contribution in [1.29, 1.82) is 0 Å². The molecule has 0 aromatic heterocycles. The normalized spacial score (nSPS) is 11.4. The lowest BCUT2D eigenvalue weighted by Crippen LogP contribution is -2.39. The van der Waals surface area contributed by atoms with Gasteiger partial charge >= 0.3 is 23.9 Å². The van der Waals surface area contributed by atoms with E-state index in [0.29, 0.717) is 11.1 Å². The third-order valence-corrected chi connectivity index (χ3v) is 2.85. The van der Waals surface area contributed by atoms with Crippen molar-refractivity contribution in [2.75, 3.05) is 0 Å². The summed E-state index contributed by atoms with van der Waals surface area (Å²) < 4.78 is 0. The Morgan fingerprint density at radius 1 is 0.536 bits per heavy atom. The predicted octanol–water partition coefficient (Wildman–Crippen LogP) is 0.647. The van der Waals surface area contributed by atoms with Crippen molar-refractivity contribution in [3.05, 3.63) is 71.8 Å². The summed E-state index contributed by atoms with van der Waals surface area (Å²) in [4.78, 5) is 39.9. The van der Waals surface area contributed by atoms with Crippen LogP contribution in [0, 0.1) is 0 Å². The van der Waals surface area contributed by atoms with E-state index in [2.05, 4.69) is 0 Å². The van der Waals surface area contributed by atoms with Gasteiger partial charge in [0.05, 0.1) is 11.1 Å². The summed E-state index contributed by atoms with van der Waals surface area (Å²) >= 11 is 0. The Hall–Kier alpha value is -3.76. The number of hydrogen-bond acceptors (Lipinski definition) is 6. The van der Waals surface area contributed by atoms with Crippen LogP contribution in [0.2, 0.25) is 0 Å². The van der Waals surface area contributed by atoms with Gasteiger partial charge in [0.2, 0.25) is 0 Å². The van der Waals surface area contributed by atoms with Gasteiger partial charge in [-0.05, 0) is 24.3 Å². The van der Waals surface area contributed by atoms with Crippen molar-refractivity contribution in [3.63, 3.8) is 0 Å². The summed E-state index contributed by atoms with van der Waals surface area (Å²) in [6.07, 6.45) is -4.53. The summed E-state index contributed by atoms with van der Waals surface area (Å²) in [6.45, 7) is 0. The largest absolute Gasteiger partial charge is 0.479 e. The molecule has 0 amide bonds. The summed E-state index contributed by atoms with van der Waals surface area (Å²) in [7, 11) is 0. The highest BCUT2D eigenvalue weighted by Crippen LogP contribution is 1.97. The Morgan fingerprint density at radius 2 is 0.786 bits per heavy atom. The summed E-state index contributed by atoms with van der Waals surface area (Å²) in [5.74, 6) is -5.30. The average molecular weight is 394 g/mol. The number of aromatic carboxylic acids is 2. The molecule has 0 bridgehead atoms. The lowest BCUT2D eigenvalue weighted by molar-refractivity contribution is -0.165. The Kier molecular flexibility index (Phi) is 10.9.